The van der Waals surface area contributed by atoms with Gasteiger partial charge in [0, 0.05) is 25.5 Å². The van der Waals surface area contributed by atoms with Crippen molar-refractivity contribution in [1.82, 2.24) is 10.3 Å². The first-order valence-electron chi connectivity index (χ1n) is 6.69. The van der Waals surface area contributed by atoms with E-state index >= 15 is 0 Å². The van der Waals surface area contributed by atoms with Crippen LogP contribution in [0.2, 0.25) is 0 Å². The van der Waals surface area contributed by atoms with Gasteiger partial charge in [0.1, 0.15) is 0 Å². The molecule has 0 aliphatic rings. The molecule has 0 bridgehead atoms. The van der Waals surface area contributed by atoms with E-state index in [4.69, 9.17) is 9.47 Å². The predicted octanol–water partition coefficient (Wildman–Crippen LogP) is 2.40. The second-order valence-corrected chi connectivity index (χ2v) is 4.75. The van der Waals surface area contributed by atoms with Crippen molar-refractivity contribution in [3.8, 4) is 17.2 Å². The van der Waals surface area contributed by atoms with Crippen molar-refractivity contribution in [1.29, 1.82) is 0 Å². The van der Waals surface area contributed by atoms with Gasteiger partial charge in [0.05, 0.1) is 14.2 Å². The second-order valence-electron chi connectivity index (χ2n) is 4.75. The Kier molecular flexibility index (Phi) is 5.00. The minimum absolute atomic E-state index is 0.0220. The van der Waals surface area contributed by atoms with Gasteiger partial charge in [0.25, 0.3) is 0 Å². The molecule has 1 aromatic heterocycles. The fourth-order valence-electron chi connectivity index (χ4n) is 2.09. The molecule has 0 unspecified atom stereocenters. The number of hydrogen-bond donors (Lipinski definition) is 2. The molecule has 2 aromatic rings. The standard InChI is InChI=1S/C16H20N2O3/c1-11-8-17-5-4-13(11)10-18-9-12-6-14(20-2)16(19)15(7-12)21-3/h4-8,18-19H,9-10H2,1-3H3. The van der Waals surface area contributed by atoms with Gasteiger partial charge in [-0.15, -0.1) is 0 Å². The highest BCUT2D eigenvalue weighted by Crippen LogP contribution is 2.36. The monoisotopic (exact) mass is 288 g/mol. The van der Waals surface area contributed by atoms with Crippen LogP contribution in [-0.4, -0.2) is 24.3 Å². The summed E-state index contributed by atoms with van der Waals surface area (Å²) in [5, 5.41) is 13.2. The molecule has 0 aliphatic heterocycles. The van der Waals surface area contributed by atoms with Crippen LogP contribution in [0, 0.1) is 6.92 Å². The molecule has 5 nitrogen and oxygen atoms in total. The molecule has 5 heteroatoms. The lowest BCUT2D eigenvalue weighted by Crippen LogP contribution is -2.13. The van der Waals surface area contributed by atoms with E-state index in [-0.39, 0.29) is 5.75 Å². The summed E-state index contributed by atoms with van der Waals surface area (Å²) in [4.78, 5) is 4.08. The van der Waals surface area contributed by atoms with Gasteiger partial charge >= 0.3 is 0 Å². The summed E-state index contributed by atoms with van der Waals surface area (Å²) in [7, 11) is 3.04. The molecule has 21 heavy (non-hydrogen) atoms. The molecular weight excluding hydrogens is 268 g/mol. The molecule has 0 fully saturated rings. The third-order valence-electron chi connectivity index (χ3n) is 3.32. The number of methoxy groups -OCH3 is 2. The van der Waals surface area contributed by atoms with Crippen molar-refractivity contribution >= 4 is 0 Å². The molecule has 0 aliphatic carbocycles. The van der Waals surface area contributed by atoms with Crippen LogP contribution in [0.5, 0.6) is 17.2 Å². The van der Waals surface area contributed by atoms with E-state index in [9.17, 15) is 5.11 Å². The largest absolute Gasteiger partial charge is 0.502 e. The minimum Gasteiger partial charge on any atom is -0.502 e. The van der Waals surface area contributed by atoms with Crippen LogP contribution in [0.25, 0.3) is 0 Å². The van der Waals surface area contributed by atoms with Crippen molar-refractivity contribution in [3.63, 3.8) is 0 Å². The van der Waals surface area contributed by atoms with E-state index in [0.29, 0.717) is 18.0 Å². The number of nitrogens with one attached hydrogen (secondary N) is 1. The second kappa shape index (κ2) is 6.95. The van der Waals surface area contributed by atoms with Crippen molar-refractivity contribution < 1.29 is 14.6 Å². The number of phenols is 1. The van der Waals surface area contributed by atoms with E-state index in [2.05, 4.69) is 10.3 Å². The Labute approximate surface area is 124 Å². The Morgan fingerprint density at radius 3 is 2.38 bits per heavy atom. The van der Waals surface area contributed by atoms with E-state index in [1.807, 2.05) is 19.2 Å². The topological polar surface area (TPSA) is 63.6 Å². The van der Waals surface area contributed by atoms with Gasteiger partial charge in [-0.25, -0.2) is 0 Å². The highest BCUT2D eigenvalue weighted by Gasteiger charge is 2.11. The molecule has 2 N–H and O–H groups in total. The number of ether oxygens (including phenoxy) is 2. The molecule has 0 spiro atoms. The lowest BCUT2D eigenvalue weighted by atomic mass is 10.1. The van der Waals surface area contributed by atoms with Crippen LogP contribution < -0.4 is 14.8 Å². The average Bonchev–Trinajstić information content (AvgIpc) is 2.50. The average molecular weight is 288 g/mol. The molecule has 112 valence electrons. The first-order valence-corrected chi connectivity index (χ1v) is 6.69. The number of nitrogens with zero attached hydrogens (tertiary/aromatic N) is 1. The van der Waals surface area contributed by atoms with Crippen molar-refractivity contribution in [2.45, 2.75) is 20.0 Å². The van der Waals surface area contributed by atoms with E-state index in [1.54, 1.807) is 18.3 Å². The van der Waals surface area contributed by atoms with Crippen LogP contribution in [0.4, 0.5) is 0 Å². The SMILES string of the molecule is COc1cc(CNCc2ccncc2C)cc(OC)c1O. The summed E-state index contributed by atoms with van der Waals surface area (Å²) in [6, 6.07) is 5.59. The number of aromatic hydroxyl groups is 1. The molecule has 0 radical (unpaired) electrons. The third-order valence-corrected chi connectivity index (χ3v) is 3.32. The lowest BCUT2D eigenvalue weighted by Gasteiger charge is -2.12. The van der Waals surface area contributed by atoms with Crippen LogP contribution in [0.3, 0.4) is 0 Å². The molecule has 1 aromatic carbocycles. The number of hydrogen-bond acceptors (Lipinski definition) is 5. The van der Waals surface area contributed by atoms with Gasteiger partial charge in [-0.05, 0) is 41.8 Å². The molecule has 0 amide bonds. The quantitative estimate of drug-likeness (QED) is 0.854. The maximum Gasteiger partial charge on any atom is 0.200 e. The third kappa shape index (κ3) is 3.64. The van der Waals surface area contributed by atoms with Crippen LogP contribution in [0.1, 0.15) is 16.7 Å². The van der Waals surface area contributed by atoms with E-state index in [1.165, 1.54) is 19.8 Å². The molecule has 0 saturated heterocycles. The Bertz CT molecular complexity index is 589. The van der Waals surface area contributed by atoms with Gasteiger partial charge in [-0.2, -0.15) is 0 Å². The Hall–Kier alpha value is -2.27. The van der Waals surface area contributed by atoms with E-state index < -0.39 is 0 Å². The van der Waals surface area contributed by atoms with E-state index in [0.717, 1.165) is 17.7 Å². The molecule has 2 rings (SSSR count). The maximum absolute atomic E-state index is 9.88. The maximum atomic E-state index is 9.88. The Morgan fingerprint density at radius 2 is 1.81 bits per heavy atom. The number of benzene rings is 1. The van der Waals surface area contributed by atoms with Gasteiger partial charge in [0.15, 0.2) is 11.5 Å². The Morgan fingerprint density at radius 1 is 1.14 bits per heavy atom. The van der Waals surface area contributed by atoms with Gasteiger partial charge < -0.3 is 19.9 Å². The van der Waals surface area contributed by atoms with Gasteiger partial charge in [0.2, 0.25) is 5.75 Å². The van der Waals surface area contributed by atoms with Crippen LogP contribution in [0.15, 0.2) is 30.6 Å². The highest BCUT2D eigenvalue weighted by molar-refractivity contribution is 5.52. The predicted molar refractivity (Wildman–Crippen MR) is 80.7 cm³/mol. The van der Waals surface area contributed by atoms with Crippen molar-refractivity contribution in [2.75, 3.05) is 14.2 Å². The number of phenolic OH excluding ortho intramolecular Hbond substituents is 1. The highest BCUT2D eigenvalue weighted by atomic mass is 16.5. The molecule has 0 saturated carbocycles. The Balaban J connectivity index is 2.05. The normalized spacial score (nSPS) is 10.4. The van der Waals surface area contributed by atoms with Crippen molar-refractivity contribution in [2.24, 2.45) is 0 Å². The number of aromatic nitrogens is 1. The number of pyridine rings is 1. The van der Waals surface area contributed by atoms with Crippen molar-refractivity contribution in [3.05, 3.63) is 47.3 Å². The fourth-order valence-corrected chi connectivity index (χ4v) is 2.09. The first-order chi connectivity index (χ1) is 10.2. The van der Waals surface area contributed by atoms with Gasteiger partial charge in [-0.1, -0.05) is 0 Å². The first kappa shape index (κ1) is 15.1. The summed E-state index contributed by atoms with van der Waals surface area (Å²) in [6.07, 6.45) is 3.64. The number of aryl methyl sites for hydroxylation is 1. The van der Waals surface area contributed by atoms with Crippen LogP contribution >= 0.6 is 0 Å². The lowest BCUT2D eigenvalue weighted by molar-refractivity contribution is 0.339. The summed E-state index contributed by atoms with van der Waals surface area (Å²) in [6.45, 7) is 3.44. The number of rotatable bonds is 6. The smallest absolute Gasteiger partial charge is 0.200 e. The zero-order valence-corrected chi connectivity index (χ0v) is 12.5. The zero-order valence-electron chi connectivity index (χ0n) is 12.5. The summed E-state index contributed by atoms with van der Waals surface area (Å²) < 4.78 is 10.3. The summed E-state index contributed by atoms with van der Waals surface area (Å²) >= 11 is 0. The fraction of sp³-hybridized carbons (Fsp3) is 0.312. The minimum atomic E-state index is 0.0220. The van der Waals surface area contributed by atoms with Crippen LogP contribution in [-0.2, 0) is 13.1 Å². The molecular formula is C16H20N2O3. The van der Waals surface area contributed by atoms with Gasteiger partial charge in [-0.3, -0.25) is 4.98 Å². The zero-order chi connectivity index (χ0) is 15.2. The molecule has 0 atom stereocenters. The molecule has 1 heterocycles. The summed E-state index contributed by atoms with van der Waals surface area (Å²) in [5.41, 5.74) is 3.35. The summed E-state index contributed by atoms with van der Waals surface area (Å²) in [5.74, 6) is 0.839.